The quantitative estimate of drug-likeness (QED) is 0.816. The molecule has 2 heterocycles. The molecule has 0 saturated carbocycles. The van der Waals surface area contributed by atoms with Crippen LogP contribution >= 0.6 is 11.6 Å². The van der Waals surface area contributed by atoms with Gasteiger partial charge in [-0.2, -0.15) is 0 Å². The fourth-order valence-electron chi connectivity index (χ4n) is 2.72. The van der Waals surface area contributed by atoms with Crippen molar-refractivity contribution in [2.45, 2.75) is 4.90 Å². The van der Waals surface area contributed by atoms with Gasteiger partial charge in [0.15, 0.2) is 9.84 Å². The van der Waals surface area contributed by atoms with Gasteiger partial charge in [-0.05, 0) is 36.4 Å². The summed E-state index contributed by atoms with van der Waals surface area (Å²) in [6.45, 7) is 2.53. The minimum Gasteiger partial charge on any atom is -0.353 e. The van der Waals surface area contributed by atoms with Crippen LogP contribution in [0.15, 0.2) is 47.5 Å². The van der Waals surface area contributed by atoms with Gasteiger partial charge >= 0.3 is 0 Å². The van der Waals surface area contributed by atoms with E-state index >= 15 is 0 Å². The lowest BCUT2D eigenvalue weighted by Gasteiger charge is -2.35. The van der Waals surface area contributed by atoms with Gasteiger partial charge in [0.2, 0.25) is 0 Å². The number of aromatic nitrogens is 1. The molecular weight excluding hydrogens is 362 g/mol. The van der Waals surface area contributed by atoms with Crippen LogP contribution in [0.5, 0.6) is 0 Å². The molecule has 3 rings (SSSR count). The minimum atomic E-state index is -3.26. The molecule has 132 valence electrons. The van der Waals surface area contributed by atoms with Gasteiger partial charge < -0.3 is 9.80 Å². The molecule has 0 atom stereocenters. The summed E-state index contributed by atoms with van der Waals surface area (Å²) < 4.78 is 23.0. The highest BCUT2D eigenvalue weighted by molar-refractivity contribution is 7.90. The number of hydrogen-bond donors (Lipinski definition) is 0. The number of halogens is 1. The molecule has 6 nitrogen and oxygen atoms in total. The van der Waals surface area contributed by atoms with E-state index in [1.807, 2.05) is 6.07 Å². The highest BCUT2D eigenvalue weighted by Gasteiger charge is 2.23. The van der Waals surface area contributed by atoms with E-state index in [4.69, 9.17) is 11.6 Å². The number of piperazine rings is 1. The normalized spacial score (nSPS) is 15.3. The van der Waals surface area contributed by atoms with E-state index in [2.05, 4.69) is 9.88 Å². The maximum atomic E-state index is 12.6. The molecule has 0 aliphatic carbocycles. The SMILES string of the molecule is CS(=O)(=O)c1ccc(C(=O)N2CCN(c3ccc(Cl)cn3)CC2)cc1. The third kappa shape index (κ3) is 4.11. The number of hydrogen-bond acceptors (Lipinski definition) is 5. The van der Waals surface area contributed by atoms with Crippen molar-refractivity contribution in [1.82, 2.24) is 9.88 Å². The zero-order chi connectivity index (χ0) is 18.0. The summed E-state index contributed by atoms with van der Waals surface area (Å²) in [6, 6.07) is 9.72. The van der Waals surface area contributed by atoms with Crippen molar-refractivity contribution in [1.29, 1.82) is 0 Å². The molecule has 8 heteroatoms. The molecule has 2 aromatic rings. The average molecular weight is 380 g/mol. The van der Waals surface area contributed by atoms with E-state index in [1.54, 1.807) is 29.3 Å². The molecule has 0 N–H and O–H groups in total. The molecule has 0 spiro atoms. The fourth-order valence-corrected chi connectivity index (χ4v) is 3.46. The molecule has 1 aliphatic rings. The average Bonchev–Trinajstić information content (AvgIpc) is 2.61. The number of benzene rings is 1. The van der Waals surface area contributed by atoms with Crippen molar-refractivity contribution in [3.8, 4) is 0 Å². The minimum absolute atomic E-state index is 0.0937. The number of amides is 1. The Balaban J connectivity index is 1.64. The molecule has 1 fully saturated rings. The van der Waals surface area contributed by atoms with Gasteiger partial charge in [0.1, 0.15) is 5.82 Å². The van der Waals surface area contributed by atoms with Crippen LogP contribution in [-0.4, -0.2) is 56.6 Å². The molecule has 1 amide bonds. The van der Waals surface area contributed by atoms with Crippen molar-refractivity contribution in [2.24, 2.45) is 0 Å². The zero-order valence-corrected chi connectivity index (χ0v) is 15.3. The first kappa shape index (κ1) is 17.7. The number of carbonyl (C=O) groups is 1. The smallest absolute Gasteiger partial charge is 0.253 e. The van der Waals surface area contributed by atoms with E-state index in [1.165, 1.54) is 12.1 Å². The Bertz CT molecular complexity index is 859. The van der Waals surface area contributed by atoms with Crippen LogP contribution in [0.1, 0.15) is 10.4 Å². The second-order valence-corrected chi connectivity index (χ2v) is 8.36. The van der Waals surface area contributed by atoms with E-state index in [9.17, 15) is 13.2 Å². The fraction of sp³-hybridized carbons (Fsp3) is 0.294. The Kier molecular flexibility index (Phi) is 4.96. The van der Waals surface area contributed by atoms with E-state index < -0.39 is 9.84 Å². The predicted octanol–water partition coefficient (Wildman–Crippen LogP) is 2.10. The first-order chi connectivity index (χ1) is 11.8. The van der Waals surface area contributed by atoms with Gasteiger partial charge in [-0.3, -0.25) is 4.79 Å². The number of sulfone groups is 1. The molecule has 1 aromatic heterocycles. The van der Waals surface area contributed by atoms with Crippen LogP contribution in [-0.2, 0) is 9.84 Å². The summed E-state index contributed by atoms with van der Waals surface area (Å²) in [5.74, 6) is 0.748. The van der Waals surface area contributed by atoms with Gasteiger partial charge in [0.05, 0.1) is 9.92 Å². The Morgan fingerprint density at radius 1 is 1.04 bits per heavy atom. The zero-order valence-electron chi connectivity index (χ0n) is 13.7. The largest absolute Gasteiger partial charge is 0.353 e. The van der Waals surface area contributed by atoms with Crippen LogP contribution in [0.3, 0.4) is 0 Å². The second-order valence-electron chi connectivity index (χ2n) is 5.91. The topological polar surface area (TPSA) is 70.6 Å². The molecule has 1 aromatic carbocycles. The maximum absolute atomic E-state index is 12.6. The Hall–Kier alpha value is -2.12. The van der Waals surface area contributed by atoms with Crippen LogP contribution in [0.25, 0.3) is 0 Å². The number of nitrogens with zero attached hydrogens (tertiary/aromatic N) is 3. The van der Waals surface area contributed by atoms with Gasteiger partial charge in [-0.15, -0.1) is 0 Å². The summed E-state index contributed by atoms with van der Waals surface area (Å²) in [4.78, 5) is 21.0. The number of anilines is 1. The highest BCUT2D eigenvalue weighted by Crippen LogP contribution is 2.18. The van der Waals surface area contributed by atoms with Gasteiger partial charge in [-0.25, -0.2) is 13.4 Å². The first-order valence-corrected chi connectivity index (χ1v) is 10.1. The van der Waals surface area contributed by atoms with Crippen molar-refractivity contribution in [2.75, 3.05) is 37.3 Å². The summed E-state index contributed by atoms with van der Waals surface area (Å²) in [6.07, 6.45) is 2.76. The van der Waals surface area contributed by atoms with Crippen molar-refractivity contribution in [3.05, 3.63) is 53.2 Å². The van der Waals surface area contributed by atoms with Gasteiger partial charge in [0, 0.05) is 44.2 Å². The Morgan fingerprint density at radius 2 is 1.68 bits per heavy atom. The molecule has 1 saturated heterocycles. The predicted molar refractivity (Wildman–Crippen MR) is 96.9 cm³/mol. The van der Waals surface area contributed by atoms with Gasteiger partial charge in [0.25, 0.3) is 5.91 Å². The summed E-state index contributed by atoms with van der Waals surface area (Å²) in [5.41, 5.74) is 0.491. The molecule has 0 unspecified atom stereocenters. The molecule has 0 radical (unpaired) electrons. The van der Waals surface area contributed by atoms with Crippen LogP contribution in [0, 0.1) is 0 Å². The highest BCUT2D eigenvalue weighted by atomic mass is 35.5. The lowest BCUT2D eigenvalue weighted by Crippen LogP contribution is -2.49. The second kappa shape index (κ2) is 7.01. The Labute approximate surface area is 152 Å². The lowest BCUT2D eigenvalue weighted by molar-refractivity contribution is 0.0746. The van der Waals surface area contributed by atoms with E-state index in [0.717, 1.165) is 12.1 Å². The van der Waals surface area contributed by atoms with Crippen molar-refractivity contribution >= 4 is 33.2 Å². The number of rotatable bonds is 3. The standard InChI is InChI=1S/C17H18ClN3O3S/c1-25(23,24)15-5-2-13(3-6-15)17(22)21-10-8-20(9-11-21)16-7-4-14(18)12-19-16/h2-7,12H,8-11H2,1H3. The number of carbonyl (C=O) groups excluding carboxylic acids is 1. The summed E-state index contributed by atoms with van der Waals surface area (Å²) >= 11 is 5.85. The molecular formula is C17H18ClN3O3S. The third-order valence-electron chi connectivity index (χ3n) is 4.13. The number of pyridine rings is 1. The lowest BCUT2D eigenvalue weighted by atomic mass is 10.2. The molecule has 1 aliphatic heterocycles. The van der Waals surface area contributed by atoms with Crippen molar-refractivity contribution in [3.63, 3.8) is 0 Å². The first-order valence-electron chi connectivity index (χ1n) is 7.80. The Morgan fingerprint density at radius 3 is 2.20 bits per heavy atom. The molecule has 25 heavy (non-hydrogen) atoms. The van der Waals surface area contributed by atoms with Crippen LogP contribution in [0.4, 0.5) is 5.82 Å². The summed E-state index contributed by atoms with van der Waals surface area (Å²) in [5, 5.41) is 0.593. The van der Waals surface area contributed by atoms with Gasteiger partial charge in [-0.1, -0.05) is 11.6 Å². The van der Waals surface area contributed by atoms with E-state index in [0.29, 0.717) is 36.8 Å². The summed E-state index contributed by atoms with van der Waals surface area (Å²) in [7, 11) is -3.26. The molecule has 0 bridgehead atoms. The maximum Gasteiger partial charge on any atom is 0.253 e. The van der Waals surface area contributed by atoms with Crippen molar-refractivity contribution < 1.29 is 13.2 Å². The third-order valence-corrected chi connectivity index (χ3v) is 5.48. The van der Waals surface area contributed by atoms with Crippen LogP contribution in [0.2, 0.25) is 5.02 Å². The van der Waals surface area contributed by atoms with E-state index in [-0.39, 0.29) is 10.8 Å². The monoisotopic (exact) mass is 379 g/mol. The van der Waals surface area contributed by atoms with Crippen LogP contribution < -0.4 is 4.90 Å².